The minimum Gasteiger partial charge on any atom is -0.507 e. The van der Waals surface area contributed by atoms with Gasteiger partial charge in [-0.25, -0.2) is 4.98 Å². The van der Waals surface area contributed by atoms with Gasteiger partial charge in [-0.1, -0.05) is 109 Å². The quantitative estimate of drug-likeness (QED) is 0.215. The third kappa shape index (κ3) is 5.79. The Morgan fingerprint density at radius 2 is 1.41 bits per heavy atom. The summed E-state index contributed by atoms with van der Waals surface area (Å²) >= 11 is 1.64. The molecule has 222 valence electrons. The lowest BCUT2D eigenvalue weighted by Crippen LogP contribution is -2.13. The predicted molar refractivity (Wildman–Crippen MR) is 187 cm³/mol. The minimum atomic E-state index is -0.234. The largest absolute Gasteiger partial charge is 0.507 e. The maximum absolute atomic E-state index is 11.7. The second-order valence-electron chi connectivity index (χ2n) is 13.8. The van der Waals surface area contributed by atoms with Crippen LogP contribution in [0.25, 0.3) is 43.2 Å². The van der Waals surface area contributed by atoms with Gasteiger partial charge in [0.25, 0.3) is 0 Å². The number of hydrogen-bond donors (Lipinski definition) is 1. The van der Waals surface area contributed by atoms with Crippen molar-refractivity contribution in [1.82, 2.24) is 9.97 Å². The third-order valence-corrected chi connectivity index (χ3v) is 9.51. The van der Waals surface area contributed by atoms with Crippen molar-refractivity contribution < 1.29 is 5.11 Å². The summed E-state index contributed by atoms with van der Waals surface area (Å²) in [6.45, 7) is 15.4. The van der Waals surface area contributed by atoms with Crippen molar-refractivity contribution in [3.63, 3.8) is 0 Å². The van der Waals surface area contributed by atoms with Crippen LogP contribution in [0.4, 0.5) is 0 Å². The molecule has 0 saturated heterocycles. The van der Waals surface area contributed by atoms with Crippen molar-refractivity contribution in [2.45, 2.75) is 65.2 Å². The van der Waals surface area contributed by atoms with E-state index in [2.05, 4.69) is 132 Å². The van der Waals surface area contributed by atoms with E-state index >= 15 is 0 Å². The molecule has 0 aliphatic heterocycles. The van der Waals surface area contributed by atoms with Crippen LogP contribution in [0.3, 0.4) is 0 Å². The Kier molecular flexibility index (Phi) is 7.67. The first-order valence-electron chi connectivity index (χ1n) is 15.3. The van der Waals surface area contributed by atoms with Gasteiger partial charge in [-0.15, -0.1) is 11.3 Å². The summed E-state index contributed by atoms with van der Waals surface area (Å²) in [7, 11) is 0. The highest BCUT2D eigenvalue weighted by atomic mass is 32.1. The number of hydrogen-bond acceptors (Lipinski definition) is 4. The lowest BCUT2D eigenvalue weighted by molar-refractivity contribution is 0.448. The number of phenolic OH excluding ortho intramolecular Hbond substituents is 1. The summed E-state index contributed by atoms with van der Waals surface area (Å²) < 4.78 is 1.09. The summed E-state index contributed by atoms with van der Waals surface area (Å²) in [5.41, 5.74) is 10.3. The van der Waals surface area contributed by atoms with Crippen LogP contribution in [0, 0.1) is 0 Å². The standard InChI is InChI=1S/C40H40N2OS/c1-25(26-14-9-8-10-15-26)27-23-32(37(43)33(24-27)40(5,6)7)38-42-36-31(16-13-18-35(36)44-38)28-20-29(34-17-11-12-19-41-34)22-30(21-28)39(2,3)4/h8-25,43H,1-7H3. The molecule has 0 spiro atoms. The molecule has 0 aliphatic carbocycles. The fourth-order valence-corrected chi connectivity index (χ4v) is 6.78. The van der Waals surface area contributed by atoms with E-state index in [0.717, 1.165) is 48.7 Å². The van der Waals surface area contributed by atoms with E-state index in [0.29, 0.717) is 5.75 Å². The van der Waals surface area contributed by atoms with Gasteiger partial charge in [0, 0.05) is 28.8 Å². The lowest BCUT2D eigenvalue weighted by Gasteiger charge is -2.24. The topological polar surface area (TPSA) is 46.0 Å². The van der Waals surface area contributed by atoms with Crippen LogP contribution >= 0.6 is 11.3 Å². The molecule has 1 atom stereocenters. The van der Waals surface area contributed by atoms with Gasteiger partial charge >= 0.3 is 0 Å². The summed E-state index contributed by atoms with van der Waals surface area (Å²) in [6.07, 6.45) is 1.84. The van der Waals surface area contributed by atoms with Crippen LogP contribution in [0.1, 0.15) is 76.6 Å². The molecule has 4 aromatic carbocycles. The molecule has 2 heterocycles. The number of nitrogens with zero attached hydrogens (tertiary/aromatic N) is 2. The predicted octanol–water partition coefficient (Wildman–Crippen LogP) is 11.1. The van der Waals surface area contributed by atoms with E-state index in [1.807, 2.05) is 24.4 Å². The molecule has 2 aromatic heterocycles. The first kappa shape index (κ1) is 29.8. The monoisotopic (exact) mass is 596 g/mol. The zero-order valence-electron chi connectivity index (χ0n) is 26.6. The van der Waals surface area contributed by atoms with Crippen LogP contribution in [0.5, 0.6) is 5.75 Å². The number of para-hydroxylation sites is 1. The van der Waals surface area contributed by atoms with Gasteiger partial charge in [0.05, 0.1) is 21.5 Å². The van der Waals surface area contributed by atoms with Gasteiger partial charge in [0.15, 0.2) is 0 Å². The van der Waals surface area contributed by atoms with Crippen LogP contribution in [-0.4, -0.2) is 15.1 Å². The average molecular weight is 597 g/mol. The summed E-state index contributed by atoms with van der Waals surface area (Å²) in [4.78, 5) is 9.91. The molecule has 1 N–H and O–H groups in total. The van der Waals surface area contributed by atoms with Crippen LogP contribution in [-0.2, 0) is 10.8 Å². The second kappa shape index (κ2) is 11.3. The Balaban J connectivity index is 1.54. The van der Waals surface area contributed by atoms with Crippen molar-refractivity contribution in [2.24, 2.45) is 0 Å². The molecular weight excluding hydrogens is 557 g/mol. The highest BCUT2D eigenvalue weighted by Gasteiger charge is 2.26. The summed E-state index contributed by atoms with van der Waals surface area (Å²) in [6, 6.07) is 34.1. The molecule has 0 fully saturated rings. The molecule has 0 saturated carbocycles. The smallest absolute Gasteiger partial charge is 0.129 e. The molecule has 0 bridgehead atoms. The van der Waals surface area contributed by atoms with Crippen LogP contribution in [0.2, 0.25) is 0 Å². The number of aromatic nitrogens is 2. The van der Waals surface area contributed by atoms with E-state index in [9.17, 15) is 5.11 Å². The van der Waals surface area contributed by atoms with Crippen molar-refractivity contribution in [3.05, 3.63) is 126 Å². The summed E-state index contributed by atoms with van der Waals surface area (Å²) in [5.74, 6) is 0.487. The maximum atomic E-state index is 11.7. The van der Waals surface area contributed by atoms with Gasteiger partial charge in [0.2, 0.25) is 0 Å². The van der Waals surface area contributed by atoms with Crippen molar-refractivity contribution in [3.8, 4) is 38.7 Å². The maximum Gasteiger partial charge on any atom is 0.129 e. The normalized spacial score (nSPS) is 12.9. The molecule has 4 heteroatoms. The van der Waals surface area contributed by atoms with Gasteiger partial charge in [-0.3, -0.25) is 4.98 Å². The van der Waals surface area contributed by atoms with Crippen molar-refractivity contribution >= 4 is 21.6 Å². The zero-order valence-corrected chi connectivity index (χ0v) is 27.5. The van der Waals surface area contributed by atoms with E-state index in [-0.39, 0.29) is 16.7 Å². The molecule has 0 radical (unpaired) electrons. The van der Waals surface area contributed by atoms with Gasteiger partial charge in [-0.05, 0) is 69.5 Å². The number of thiazole rings is 1. The summed E-state index contributed by atoms with van der Waals surface area (Å²) in [5, 5.41) is 12.5. The Morgan fingerprint density at radius 3 is 2.09 bits per heavy atom. The first-order valence-corrected chi connectivity index (χ1v) is 16.1. The fraction of sp³-hybridized carbons (Fsp3) is 0.250. The van der Waals surface area contributed by atoms with Gasteiger partial charge < -0.3 is 5.11 Å². The second-order valence-corrected chi connectivity index (χ2v) is 14.8. The number of benzene rings is 4. The number of pyridine rings is 1. The van der Waals surface area contributed by atoms with Crippen LogP contribution in [0.15, 0.2) is 103 Å². The Labute approximate surface area is 265 Å². The molecule has 3 nitrogen and oxygen atoms in total. The molecule has 0 aliphatic rings. The third-order valence-electron chi connectivity index (χ3n) is 8.46. The average Bonchev–Trinajstić information content (AvgIpc) is 3.45. The van der Waals surface area contributed by atoms with E-state index in [1.165, 1.54) is 16.7 Å². The van der Waals surface area contributed by atoms with Crippen molar-refractivity contribution in [1.29, 1.82) is 0 Å². The zero-order chi connectivity index (χ0) is 31.2. The van der Waals surface area contributed by atoms with Crippen molar-refractivity contribution in [2.75, 3.05) is 0 Å². The molecule has 6 rings (SSSR count). The van der Waals surface area contributed by atoms with E-state index in [4.69, 9.17) is 4.98 Å². The number of phenols is 1. The van der Waals surface area contributed by atoms with E-state index < -0.39 is 0 Å². The first-order chi connectivity index (χ1) is 20.9. The molecular formula is C40H40N2OS. The molecule has 6 aromatic rings. The number of fused-ring (bicyclic) bond motifs is 1. The van der Waals surface area contributed by atoms with Crippen LogP contribution < -0.4 is 0 Å². The molecule has 0 amide bonds. The Bertz CT molecular complexity index is 1940. The van der Waals surface area contributed by atoms with E-state index in [1.54, 1.807) is 11.3 Å². The highest BCUT2D eigenvalue weighted by Crippen LogP contribution is 2.45. The fourth-order valence-electron chi connectivity index (χ4n) is 5.77. The number of aromatic hydroxyl groups is 1. The minimum absolute atomic E-state index is 0.0360. The van der Waals surface area contributed by atoms with Gasteiger partial charge in [-0.2, -0.15) is 0 Å². The van der Waals surface area contributed by atoms with Gasteiger partial charge in [0.1, 0.15) is 10.8 Å². The lowest BCUT2D eigenvalue weighted by atomic mass is 9.81. The molecule has 1 unspecified atom stereocenters. The Morgan fingerprint density at radius 1 is 0.682 bits per heavy atom. The molecule has 44 heavy (non-hydrogen) atoms. The number of rotatable bonds is 5. The highest BCUT2D eigenvalue weighted by molar-refractivity contribution is 7.21. The Hall–Kier alpha value is -4.28. The SMILES string of the molecule is CC(c1ccccc1)c1cc(-c2nc3c(-c4cc(-c5ccccn5)cc(C(C)(C)C)c4)cccc3s2)c(O)c(C(C)(C)C)c1.